The second-order valence-electron chi connectivity index (χ2n) is 4.14. The first-order chi connectivity index (χ1) is 6.93. The molecule has 6 heteroatoms. The first kappa shape index (κ1) is 12.9. The van der Waals surface area contributed by atoms with E-state index in [4.69, 9.17) is 0 Å². The highest BCUT2D eigenvalue weighted by Crippen LogP contribution is 2.27. The number of β-amino-alcohol motifs (C(OH)–C–C–N with tert-alkyl or cyclic N) is 1. The summed E-state index contributed by atoms with van der Waals surface area (Å²) in [6.45, 7) is 4.78. The summed E-state index contributed by atoms with van der Waals surface area (Å²) >= 11 is 0. The van der Waals surface area contributed by atoms with E-state index >= 15 is 0 Å². The van der Waals surface area contributed by atoms with Crippen molar-refractivity contribution in [1.29, 1.82) is 0 Å². The van der Waals surface area contributed by atoms with E-state index in [-0.39, 0.29) is 13.1 Å². The van der Waals surface area contributed by atoms with E-state index in [2.05, 4.69) is 4.72 Å². The Hall–Kier alpha value is -0.170. The third kappa shape index (κ3) is 3.14. The quantitative estimate of drug-likeness (QED) is 0.686. The molecule has 0 aromatic heterocycles. The van der Waals surface area contributed by atoms with Gasteiger partial charge in [-0.2, -0.15) is 12.7 Å². The number of aliphatic hydroxyl groups is 1. The Morgan fingerprint density at radius 2 is 1.93 bits per heavy atom. The van der Waals surface area contributed by atoms with Crippen molar-refractivity contribution in [3.05, 3.63) is 0 Å². The largest absolute Gasteiger partial charge is 0.387 e. The predicted octanol–water partition coefficient (Wildman–Crippen LogP) is 0.0776. The minimum Gasteiger partial charge on any atom is -0.387 e. The Bertz CT molecular complexity index is 296. The van der Waals surface area contributed by atoms with Crippen LogP contribution in [0.25, 0.3) is 0 Å². The number of hydrogen-bond donors (Lipinski definition) is 2. The number of nitrogens with one attached hydrogen (secondary N) is 1. The van der Waals surface area contributed by atoms with Crippen molar-refractivity contribution in [2.24, 2.45) is 0 Å². The van der Waals surface area contributed by atoms with Gasteiger partial charge in [-0.3, -0.25) is 0 Å². The molecular formula is C9H20N2O3S. The van der Waals surface area contributed by atoms with Gasteiger partial charge < -0.3 is 5.11 Å². The fourth-order valence-electron chi connectivity index (χ4n) is 1.73. The molecule has 1 heterocycles. The second kappa shape index (κ2) is 4.78. The van der Waals surface area contributed by atoms with E-state index in [1.807, 2.05) is 13.8 Å². The van der Waals surface area contributed by atoms with Gasteiger partial charge >= 0.3 is 0 Å². The Kier molecular flexibility index (Phi) is 4.11. The molecule has 0 aliphatic carbocycles. The van der Waals surface area contributed by atoms with Crippen molar-refractivity contribution in [1.82, 2.24) is 9.03 Å². The van der Waals surface area contributed by atoms with Crippen LogP contribution < -0.4 is 4.72 Å². The summed E-state index contributed by atoms with van der Waals surface area (Å²) in [4.78, 5) is 0. The van der Waals surface area contributed by atoms with Crippen LogP contribution in [0.5, 0.6) is 0 Å². The Balaban J connectivity index is 2.43. The number of nitrogens with zero attached hydrogens (tertiary/aromatic N) is 1. The third-order valence-corrected chi connectivity index (χ3v) is 4.04. The smallest absolute Gasteiger partial charge is 0.279 e. The normalized spacial score (nSPS) is 21.3. The summed E-state index contributed by atoms with van der Waals surface area (Å²) in [5, 5.41) is 9.84. The monoisotopic (exact) mass is 236 g/mol. The molecule has 15 heavy (non-hydrogen) atoms. The van der Waals surface area contributed by atoms with E-state index < -0.39 is 15.8 Å². The molecule has 0 aromatic rings. The van der Waals surface area contributed by atoms with Crippen LogP contribution in [0.1, 0.15) is 33.1 Å². The van der Waals surface area contributed by atoms with Crippen LogP contribution in [0.4, 0.5) is 0 Å². The van der Waals surface area contributed by atoms with Gasteiger partial charge in [0.1, 0.15) is 0 Å². The minimum atomic E-state index is -3.35. The summed E-state index contributed by atoms with van der Waals surface area (Å²) in [6.07, 6.45) is 2.30. The molecule has 0 aromatic carbocycles. The van der Waals surface area contributed by atoms with Crippen molar-refractivity contribution >= 4 is 10.2 Å². The summed E-state index contributed by atoms with van der Waals surface area (Å²) < 4.78 is 26.9. The fraction of sp³-hybridized carbons (Fsp3) is 1.00. The molecule has 0 saturated carbocycles. The van der Waals surface area contributed by atoms with E-state index in [0.717, 1.165) is 12.8 Å². The summed E-state index contributed by atoms with van der Waals surface area (Å²) in [7, 11) is -3.35. The molecule has 1 aliphatic rings. The third-order valence-electron chi connectivity index (χ3n) is 2.53. The molecule has 0 unspecified atom stereocenters. The van der Waals surface area contributed by atoms with Crippen LogP contribution >= 0.6 is 0 Å². The molecule has 1 rings (SSSR count). The van der Waals surface area contributed by atoms with Crippen molar-refractivity contribution in [3.8, 4) is 0 Å². The van der Waals surface area contributed by atoms with Gasteiger partial charge in [0.15, 0.2) is 0 Å². The Morgan fingerprint density at radius 1 is 1.33 bits per heavy atom. The molecule has 0 spiro atoms. The topological polar surface area (TPSA) is 69.6 Å². The highest BCUT2D eigenvalue weighted by Gasteiger charge is 2.45. The average Bonchev–Trinajstić information content (AvgIpc) is 2.11. The maximum Gasteiger partial charge on any atom is 0.279 e. The molecule has 90 valence electrons. The first-order valence-electron chi connectivity index (χ1n) is 5.40. The van der Waals surface area contributed by atoms with Gasteiger partial charge in [-0.05, 0) is 12.8 Å². The molecular weight excluding hydrogens is 216 g/mol. The molecule has 0 radical (unpaired) electrons. The van der Waals surface area contributed by atoms with Gasteiger partial charge in [-0.25, -0.2) is 4.72 Å². The Morgan fingerprint density at radius 3 is 2.40 bits per heavy atom. The molecule has 0 atom stereocenters. The zero-order valence-electron chi connectivity index (χ0n) is 9.36. The standard InChI is InChI=1S/C9H20N2O3S/c1-3-5-9(12)7-11(8-9)15(13,14)10-6-4-2/h10,12H,3-8H2,1-2H3. The average molecular weight is 236 g/mol. The van der Waals surface area contributed by atoms with Crippen LogP contribution in [-0.4, -0.2) is 43.1 Å². The molecule has 1 saturated heterocycles. The highest BCUT2D eigenvalue weighted by atomic mass is 32.2. The molecule has 0 bridgehead atoms. The van der Waals surface area contributed by atoms with Gasteiger partial charge in [0, 0.05) is 19.6 Å². The maximum absolute atomic E-state index is 11.6. The fourth-order valence-corrected chi connectivity index (χ4v) is 3.19. The van der Waals surface area contributed by atoms with Crippen LogP contribution in [0.3, 0.4) is 0 Å². The summed E-state index contributed by atoms with van der Waals surface area (Å²) in [5.74, 6) is 0. The van der Waals surface area contributed by atoms with Gasteiger partial charge in [0.2, 0.25) is 0 Å². The SMILES string of the molecule is CCCNS(=O)(=O)N1CC(O)(CCC)C1. The van der Waals surface area contributed by atoms with Crippen LogP contribution in [0, 0.1) is 0 Å². The molecule has 5 nitrogen and oxygen atoms in total. The molecule has 0 amide bonds. The summed E-state index contributed by atoms with van der Waals surface area (Å²) in [5.41, 5.74) is -0.796. The second-order valence-corrected chi connectivity index (χ2v) is 5.90. The van der Waals surface area contributed by atoms with Gasteiger partial charge in [0.25, 0.3) is 10.2 Å². The lowest BCUT2D eigenvalue weighted by molar-refractivity contribution is -0.0657. The van der Waals surface area contributed by atoms with Gasteiger partial charge in [-0.1, -0.05) is 20.3 Å². The zero-order valence-corrected chi connectivity index (χ0v) is 10.2. The molecule has 1 aliphatic heterocycles. The minimum absolute atomic E-state index is 0.222. The van der Waals surface area contributed by atoms with Crippen LogP contribution in [0.15, 0.2) is 0 Å². The molecule has 1 fully saturated rings. The lowest BCUT2D eigenvalue weighted by Crippen LogP contribution is -2.65. The maximum atomic E-state index is 11.6. The zero-order chi connectivity index (χ0) is 11.5. The van der Waals surface area contributed by atoms with E-state index in [1.54, 1.807) is 0 Å². The van der Waals surface area contributed by atoms with E-state index in [0.29, 0.717) is 13.0 Å². The van der Waals surface area contributed by atoms with Crippen molar-refractivity contribution in [2.75, 3.05) is 19.6 Å². The van der Waals surface area contributed by atoms with Crippen LogP contribution in [-0.2, 0) is 10.2 Å². The number of rotatable bonds is 6. The van der Waals surface area contributed by atoms with Crippen molar-refractivity contribution in [2.45, 2.75) is 38.7 Å². The lowest BCUT2D eigenvalue weighted by atomic mass is 9.92. The van der Waals surface area contributed by atoms with Crippen molar-refractivity contribution in [3.63, 3.8) is 0 Å². The number of hydrogen-bond acceptors (Lipinski definition) is 3. The Labute approximate surface area is 91.7 Å². The first-order valence-corrected chi connectivity index (χ1v) is 6.84. The highest BCUT2D eigenvalue weighted by molar-refractivity contribution is 7.87. The summed E-state index contributed by atoms with van der Waals surface area (Å²) in [6, 6.07) is 0. The lowest BCUT2D eigenvalue weighted by Gasteiger charge is -2.45. The van der Waals surface area contributed by atoms with Gasteiger partial charge in [-0.15, -0.1) is 0 Å². The van der Waals surface area contributed by atoms with Crippen molar-refractivity contribution < 1.29 is 13.5 Å². The van der Waals surface area contributed by atoms with Crippen LogP contribution in [0.2, 0.25) is 0 Å². The predicted molar refractivity (Wildman–Crippen MR) is 58.6 cm³/mol. The van der Waals surface area contributed by atoms with Gasteiger partial charge in [0.05, 0.1) is 5.60 Å². The van der Waals surface area contributed by atoms with E-state index in [1.165, 1.54) is 4.31 Å². The molecule has 2 N–H and O–H groups in total. The van der Waals surface area contributed by atoms with E-state index in [9.17, 15) is 13.5 Å².